The number of hydrogen-bond donors (Lipinski definition) is 0. The summed E-state index contributed by atoms with van der Waals surface area (Å²) in [4.78, 5) is 0. The normalized spacial score (nSPS) is 10.6. The first-order chi connectivity index (χ1) is 53.3. The van der Waals surface area contributed by atoms with Crippen molar-refractivity contribution in [2.24, 2.45) is 0 Å². The van der Waals surface area contributed by atoms with Crippen LogP contribution in [0.15, 0.2) is 309 Å². The summed E-state index contributed by atoms with van der Waals surface area (Å²) in [5.41, 5.74) is 8.66. The van der Waals surface area contributed by atoms with Crippen molar-refractivity contribution < 1.29 is 52.7 Å². The van der Waals surface area contributed by atoms with Crippen LogP contribution in [0.3, 0.4) is 0 Å². The summed E-state index contributed by atoms with van der Waals surface area (Å²) in [7, 11) is 0. The summed E-state index contributed by atoms with van der Waals surface area (Å²) in [6, 6.07) is 87.8. The topological polar surface area (TPSA) is 0 Å². The highest BCUT2D eigenvalue weighted by atomic mass is 19.2. The molecule has 0 N–H and O–H groups in total. The Morgan fingerprint density at radius 1 is 0.144 bits per heavy atom. The van der Waals surface area contributed by atoms with E-state index in [2.05, 4.69) is 0 Å². The molecule has 0 aliphatic heterocycles. The van der Waals surface area contributed by atoms with Crippen LogP contribution in [-0.2, 0) is 0 Å². The second-order valence-corrected chi connectivity index (χ2v) is 26.7. The van der Waals surface area contributed by atoms with Gasteiger partial charge in [-0.2, -0.15) is 0 Å². The summed E-state index contributed by atoms with van der Waals surface area (Å²) in [5, 5.41) is 14.3. The molecule has 0 aromatic heterocycles. The fourth-order valence-electron chi connectivity index (χ4n) is 13.0. The molecular weight excluding hydrogens is 1420 g/mol. The van der Waals surface area contributed by atoms with Crippen molar-refractivity contribution >= 4 is 97.0 Å². The zero-order valence-corrected chi connectivity index (χ0v) is 62.5. The van der Waals surface area contributed by atoms with Crippen LogP contribution in [0.4, 0.5) is 52.7 Å². The van der Waals surface area contributed by atoms with E-state index in [-0.39, 0.29) is 51.9 Å². The quantitative estimate of drug-likeness (QED) is 0.133. The van der Waals surface area contributed by atoms with Gasteiger partial charge in [-0.05, 0) is 262 Å². The van der Waals surface area contributed by atoms with Crippen LogP contribution >= 0.6 is 0 Å². The SMILES string of the molecule is Cc1c(F)ccc2ccccc12.Cc1cc(F)cc2ccccc12.Cc1ccc(F)c2c(F)cccc12.Cc1ccc(F)c2ccccc12.Cc1cccc2c(F)cc(F)cc12.Cc1cccc2c(F)ccc(F)c12.Cc1cccc2cc(F)ccc12.Cc1cccc2ccc(F)cc12.Cc1cccc2cccc(F)c12. The minimum atomic E-state index is -0.528. The second-order valence-electron chi connectivity index (χ2n) is 26.7. The van der Waals surface area contributed by atoms with E-state index in [1.807, 2.05) is 188 Å². The maximum atomic E-state index is 13.3. The summed E-state index contributed by atoms with van der Waals surface area (Å²) >= 11 is 0. The highest BCUT2D eigenvalue weighted by Gasteiger charge is 2.11. The first-order valence-electron chi connectivity index (χ1n) is 35.6. The molecular formula is C99H78F12. The van der Waals surface area contributed by atoms with E-state index in [4.69, 9.17) is 0 Å². The van der Waals surface area contributed by atoms with Gasteiger partial charge in [0.25, 0.3) is 0 Å². The number of hydrogen-bond acceptors (Lipinski definition) is 0. The molecule has 111 heavy (non-hydrogen) atoms. The van der Waals surface area contributed by atoms with Crippen LogP contribution in [0.1, 0.15) is 50.1 Å². The molecule has 0 saturated heterocycles. The van der Waals surface area contributed by atoms with Crippen LogP contribution in [0.2, 0.25) is 0 Å². The lowest BCUT2D eigenvalue weighted by Gasteiger charge is -2.03. The van der Waals surface area contributed by atoms with Crippen LogP contribution < -0.4 is 0 Å². The molecule has 0 heterocycles. The van der Waals surface area contributed by atoms with E-state index >= 15 is 0 Å². The molecule has 0 aliphatic carbocycles. The lowest BCUT2D eigenvalue weighted by Crippen LogP contribution is -1.86. The Hall–Kier alpha value is -12.5. The van der Waals surface area contributed by atoms with Gasteiger partial charge in [0.15, 0.2) is 0 Å². The van der Waals surface area contributed by atoms with Crippen molar-refractivity contribution in [2.75, 3.05) is 0 Å². The van der Waals surface area contributed by atoms with Crippen LogP contribution in [0, 0.1) is 132 Å². The van der Waals surface area contributed by atoms with Gasteiger partial charge in [-0.3, -0.25) is 0 Å². The van der Waals surface area contributed by atoms with E-state index in [9.17, 15) is 52.7 Å². The van der Waals surface area contributed by atoms with E-state index in [1.165, 1.54) is 54.1 Å². The average molecular weight is 1500 g/mol. The van der Waals surface area contributed by atoms with Gasteiger partial charge in [-0.1, -0.05) is 218 Å². The Labute approximate surface area is 637 Å². The molecule has 0 atom stereocenters. The predicted molar refractivity (Wildman–Crippen MR) is 438 cm³/mol. The minimum absolute atomic E-state index is 0.0856. The van der Waals surface area contributed by atoms with Gasteiger partial charge < -0.3 is 0 Å². The van der Waals surface area contributed by atoms with Gasteiger partial charge in [0.05, 0.1) is 5.39 Å². The smallest absolute Gasteiger partial charge is 0.133 e. The molecule has 18 aromatic rings. The first kappa shape index (κ1) is 81.0. The Kier molecular flexibility index (Phi) is 27.4. The Morgan fingerprint density at radius 2 is 0.495 bits per heavy atom. The van der Waals surface area contributed by atoms with E-state index in [0.29, 0.717) is 32.3 Å². The standard InChI is InChI=1S/3C11H8F2.6C11H9F/c1-7-3-2-4-9-10(7)5-8(12)6-11(9)13;1-7-5-6-10(13)11-8(7)3-2-4-9(11)12;1-7-3-2-4-8-9(12)5-6-10(13)11(7)8;1-8-4-2-5-9-6-3-7-10(12)11(8)9;1-8-3-2-4-9-7-10(12)5-6-11(8)9;1-8-3-2-4-9-5-6-10(12)7-11(8)9;1-8-6-10(12)7-9-4-2-3-5-11(8)9;1-8-10-5-3-2-4-9(10)6-7-11(8)12;1-8-6-7-11(12)10-5-3-2-4-9(8)10/h3*2-6H,1H3;6*2-7H,1H3. The maximum Gasteiger partial charge on any atom is 0.133 e. The van der Waals surface area contributed by atoms with E-state index < -0.39 is 23.3 Å². The largest absolute Gasteiger partial charge is 0.207 e. The van der Waals surface area contributed by atoms with Crippen molar-refractivity contribution in [1.29, 1.82) is 0 Å². The molecule has 12 heteroatoms. The van der Waals surface area contributed by atoms with Crippen molar-refractivity contribution in [3.8, 4) is 0 Å². The lowest BCUT2D eigenvalue weighted by molar-refractivity contribution is 0.592. The number of aryl methyl sites for hydroxylation is 9. The van der Waals surface area contributed by atoms with Crippen molar-refractivity contribution in [2.45, 2.75) is 62.3 Å². The number of fused-ring (bicyclic) bond motifs is 9. The fourth-order valence-corrected chi connectivity index (χ4v) is 13.0. The Morgan fingerprint density at radius 3 is 1.14 bits per heavy atom. The molecule has 0 amide bonds. The molecule has 558 valence electrons. The predicted octanol–water partition coefficient (Wildman–Crippen LogP) is 30.0. The highest BCUT2D eigenvalue weighted by molar-refractivity contribution is 5.92. The molecule has 18 aromatic carbocycles. The zero-order chi connectivity index (χ0) is 79.6. The number of halogens is 12. The molecule has 0 unspecified atom stereocenters. The molecule has 0 bridgehead atoms. The first-order valence-corrected chi connectivity index (χ1v) is 35.6. The van der Waals surface area contributed by atoms with Crippen LogP contribution in [0.25, 0.3) is 97.0 Å². The molecule has 0 fully saturated rings. The Balaban J connectivity index is 0.000000133. The summed E-state index contributed by atoms with van der Waals surface area (Å²) in [5.74, 6) is -3.68. The lowest BCUT2D eigenvalue weighted by atomic mass is 10.0. The third-order valence-corrected chi connectivity index (χ3v) is 18.9. The fraction of sp³-hybridized carbons (Fsp3) is 0.0909. The molecule has 18 rings (SSSR count). The number of rotatable bonds is 0. The van der Waals surface area contributed by atoms with Gasteiger partial charge in [0, 0.05) is 33.0 Å². The molecule has 0 saturated carbocycles. The van der Waals surface area contributed by atoms with Crippen molar-refractivity contribution in [3.63, 3.8) is 0 Å². The van der Waals surface area contributed by atoms with Gasteiger partial charge >= 0.3 is 0 Å². The van der Waals surface area contributed by atoms with Crippen LogP contribution in [-0.4, -0.2) is 0 Å². The maximum absolute atomic E-state index is 13.3. The summed E-state index contributed by atoms with van der Waals surface area (Å²) in [6.45, 7) is 17.1. The van der Waals surface area contributed by atoms with E-state index in [0.717, 1.165) is 122 Å². The third kappa shape index (κ3) is 20.4. The average Bonchev–Trinajstić information content (AvgIpc) is 0.804. The molecule has 0 radical (unpaired) electrons. The molecule has 0 aliphatic rings. The molecule has 0 spiro atoms. The van der Waals surface area contributed by atoms with Crippen LogP contribution in [0.5, 0.6) is 0 Å². The second kappa shape index (κ2) is 37.5. The third-order valence-electron chi connectivity index (χ3n) is 18.9. The van der Waals surface area contributed by atoms with Crippen molar-refractivity contribution in [1.82, 2.24) is 0 Å². The molecule has 0 nitrogen and oxygen atoms in total. The van der Waals surface area contributed by atoms with Gasteiger partial charge in [0.2, 0.25) is 0 Å². The summed E-state index contributed by atoms with van der Waals surface area (Å²) < 4.78 is 157. The van der Waals surface area contributed by atoms with Gasteiger partial charge in [-0.25, -0.2) is 52.7 Å². The van der Waals surface area contributed by atoms with E-state index in [1.54, 1.807) is 117 Å². The monoisotopic (exact) mass is 1490 g/mol. The van der Waals surface area contributed by atoms with Gasteiger partial charge in [0.1, 0.15) is 69.8 Å². The number of benzene rings is 18. The minimum Gasteiger partial charge on any atom is -0.207 e. The summed E-state index contributed by atoms with van der Waals surface area (Å²) in [6.07, 6.45) is 0. The van der Waals surface area contributed by atoms with Crippen molar-refractivity contribution in [3.05, 3.63) is 429 Å². The van der Waals surface area contributed by atoms with Gasteiger partial charge in [-0.15, -0.1) is 0 Å². The highest BCUT2D eigenvalue weighted by Crippen LogP contribution is 2.29. The Bertz CT molecular complexity index is 6080. The zero-order valence-electron chi connectivity index (χ0n) is 62.5.